The average Bonchev–Trinajstić information content (AvgIpc) is 3.33. The first kappa shape index (κ1) is 16.1. The molecule has 0 unspecified atom stereocenters. The van der Waals surface area contributed by atoms with Gasteiger partial charge in [-0.1, -0.05) is 60.7 Å². The molecule has 0 amide bonds. The molecule has 4 nitrogen and oxygen atoms in total. The van der Waals surface area contributed by atoms with Gasteiger partial charge in [0.05, 0.1) is 11.0 Å². The Morgan fingerprint density at radius 3 is 1.45 bits per heavy atom. The third-order valence-electron chi connectivity index (χ3n) is 5.44. The molecule has 0 spiro atoms. The number of fused-ring (bicyclic) bond motifs is 6. The zero-order valence-electron chi connectivity index (χ0n) is 15.6. The van der Waals surface area contributed by atoms with E-state index < -0.39 is 0 Å². The van der Waals surface area contributed by atoms with Crippen LogP contribution in [0, 0.1) is 0 Å². The maximum absolute atomic E-state index is 6.01. The highest BCUT2D eigenvalue weighted by atomic mass is 16.6. The average molecular weight is 376 g/mol. The van der Waals surface area contributed by atoms with Gasteiger partial charge in [-0.2, -0.15) is 0 Å². The summed E-state index contributed by atoms with van der Waals surface area (Å²) in [7, 11) is 0.128. The van der Waals surface area contributed by atoms with Crippen molar-refractivity contribution in [1.82, 2.24) is 9.97 Å². The van der Waals surface area contributed by atoms with Gasteiger partial charge in [-0.05, 0) is 24.3 Å². The standard InChI is InChI=1S/C24H17BN2O2/c1-3-11-19-15(7-1)17-9-5-13-21(23(17)26-19)28-25-29-22-14-6-10-18-16-8-2-4-12-20(16)27-24(18)22/h1-14,25-27H. The summed E-state index contributed by atoms with van der Waals surface area (Å²) < 4.78 is 12.0. The highest BCUT2D eigenvalue weighted by molar-refractivity contribution is 6.23. The number of benzene rings is 4. The van der Waals surface area contributed by atoms with Crippen LogP contribution < -0.4 is 9.31 Å². The molecule has 0 bridgehead atoms. The predicted octanol–water partition coefficient (Wildman–Crippen LogP) is 5.68. The van der Waals surface area contributed by atoms with E-state index in [2.05, 4.69) is 46.4 Å². The number of nitrogens with one attached hydrogen (secondary N) is 2. The van der Waals surface area contributed by atoms with E-state index in [1.807, 2.05) is 48.5 Å². The third-order valence-corrected chi connectivity index (χ3v) is 5.44. The van der Waals surface area contributed by atoms with Crippen molar-refractivity contribution < 1.29 is 9.31 Å². The summed E-state index contributed by atoms with van der Waals surface area (Å²) in [6.45, 7) is 0. The fourth-order valence-electron chi connectivity index (χ4n) is 4.09. The lowest BCUT2D eigenvalue weighted by Crippen LogP contribution is -2.11. The number of H-pyrrole nitrogens is 2. The molecule has 5 heteroatoms. The fourth-order valence-corrected chi connectivity index (χ4v) is 4.09. The van der Waals surface area contributed by atoms with Gasteiger partial charge in [-0.3, -0.25) is 0 Å². The van der Waals surface area contributed by atoms with E-state index in [1.54, 1.807) is 0 Å². The molecule has 6 rings (SSSR count). The largest absolute Gasteiger partial charge is 0.576 e. The lowest BCUT2D eigenvalue weighted by atomic mass is 10.1. The van der Waals surface area contributed by atoms with E-state index in [-0.39, 0.29) is 7.69 Å². The number of aromatic nitrogens is 2. The van der Waals surface area contributed by atoms with Crippen molar-refractivity contribution in [2.24, 2.45) is 0 Å². The Balaban J connectivity index is 1.32. The highest BCUT2D eigenvalue weighted by Crippen LogP contribution is 2.33. The van der Waals surface area contributed by atoms with E-state index in [0.717, 1.165) is 44.3 Å². The molecule has 0 saturated carbocycles. The van der Waals surface area contributed by atoms with Gasteiger partial charge in [0.1, 0.15) is 11.5 Å². The molecule has 138 valence electrons. The van der Waals surface area contributed by atoms with Gasteiger partial charge >= 0.3 is 7.69 Å². The van der Waals surface area contributed by atoms with Gasteiger partial charge in [0.2, 0.25) is 0 Å². The zero-order chi connectivity index (χ0) is 19.2. The monoisotopic (exact) mass is 376 g/mol. The molecule has 0 atom stereocenters. The number of hydrogen-bond acceptors (Lipinski definition) is 2. The van der Waals surface area contributed by atoms with E-state index in [4.69, 9.17) is 9.31 Å². The summed E-state index contributed by atoms with van der Waals surface area (Å²) in [5, 5.41) is 4.68. The highest BCUT2D eigenvalue weighted by Gasteiger charge is 2.12. The summed E-state index contributed by atoms with van der Waals surface area (Å²) in [6, 6.07) is 28.7. The number of aromatic amines is 2. The van der Waals surface area contributed by atoms with Crippen LogP contribution in [0.15, 0.2) is 84.9 Å². The molecule has 2 heterocycles. The lowest BCUT2D eigenvalue weighted by Gasteiger charge is -2.09. The molecule has 0 fully saturated rings. The van der Waals surface area contributed by atoms with Crippen molar-refractivity contribution in [3.63, 3.8) is 0 Å². The Morgan fingerprint density at radius 1 is 0.483 bits per heavy atom. The molecular weight excluding hydrogens is 359 g/mol. The number of rotatable bonds is 4. The Hall–Kier alpha value is -3.86. The minimum Gasteiger partial charge on any atom is -0.527 e. The van der Waals surface area contributed by atoms with Gasteiger partial charge in [-0.15, -0.1) is 0 Å². The first-order valence-corrected chi connectivity index (χ1v) is 9.63. The molecule has 2 aromatic heterocycles. The normalized spacial score (nSPS) is 11.4. The molecule has 29 heavy (non-hydrogen) atoms. The zero-order valence-corrected chi connectivity index (χ0v) is 15.6. The second-order valence-corrected chi connectivity index (χ2v) is 7.11. The molecule has 4 aromatic carbocycles. The van der Waals surface area contributed by atoms with Crippen molar-refractivity contribution in [2.75, 3.05) is 0 Å². The van der Waals surface area contributed by atoms with Crippen LogP contribution in [0.1, 0.15) is 0 Å². The fraction of sp³-hybridized carbons (Fsp3) is 0. The Morgan fingerprint density at radius 2 is 0.931 bits per heavy atom. The van der Waals surface area contributed by atoms with Crippen LogP contribution in [0.5, 0.6) is 11.5 Å². The van der Waals surface area contributed by atoms with Crippen molar-refractivity contribution in [1.29, 1.82) is 0 Å². The second kappa shape index (κ2) is 6.35. The van der Waals surface area contributed by atoms with Crippen LogP contribution in [-0.4, -0.2) is 17.7 Å². The van der Waals surface area contributed by atoms with Crippen LogP contribution in [-0.2, 0) is 0 Å². The van der Waals surface area contributed by atoms with Crippen LogP contribution in [0.2, 0.25) is 0 Å². The van der Waals surface area contributed by atoms with Gasteiger partial charge < -0.3 is 19.3 Å². The molecule has 0 radical (unpaired) electrons. The molecular formula is C24H17BN2O2. The maximum Gasteiger partial charge on any atom is 0.576 e. The Bertz CT molecular complexity index is 1390. The van der Waals surface area contributed by atoms with Gasteiger partial charge in [0, 0.05) is 32.6 Å². The minimum absolute atomic E-state index is 0.128. The molecule has 0 aliphatic rings. The number of para-hydroxylation sites is 4. The van der Waals surface area contributed by atoms with Crippen molar-refractivity contribution in [3.8, 4) is 11.5 Å². The van der Waals surface area contributed by atoms with Crippen LogP contribution in [0.3, 0.4) is 0 Å². The van der Waals surface area contributed by atoms with E-state index in [9.17, 15) is 0 Å². The van der Waals surface area contributed by atoms with Gasteiger partial charge in [-0.25, -0.2) is 0 Å². The van der Waals surface area contributed by atoms with E-state index >= 15 is 0 Å². The molecule has 6 aromatic rings. The summed E-state index contributed by atoms with van der Waals surface area (Å²) in [5.41, 5.74) is 4.17. The van der Waals surface area contributed by atoms with Gasteiger partial charge in [0.15, 0.2) is 0 Å². The SMILES string of the molecule is B(Oc1cccc2c1[nH]c1ccccc12)Oc1cccc2c1[nH]c1ccccc12. The molecule has 0 aliphatic carbocycles. The topological polar surface area (TPSA) is 50.0 Å². The van der Waals surface area contributed by atoms with Crippen LogP contribution in [0.25, 0.3) is 43.6 Å². The third kappa shape index (κ3) is 2.55. The summed E-state index contributed by atoms with van der Waals surface area (Å²) in [4.78, 5) is 6.91. The predicted molar refractivity (Wildman–Crippen MR) is 120 cm³/mol. The van der Waals surface area contributed by atoms with Crippen molar-refractivity contribution in [2.45, 2.75) is 0 Å². The minimum atomic E-state index is 0.128. The maximum atomic E-state index is 6.01. The summed E-state index contributed by atoms with van der Waals surface area (Å²) in [6.07, 6.45) is 0. The van der Waals surface area contributed by atoms with Crippen molar-refractivity contribution >= 4 is 51.3 Å². The summed E-state index contributed by atoms with van der Waals surface area (Å²) >= 11 is 0. The second-order valence-electron chi connectivity index (χ2n) is 7.11. The van der Waals surface area contributed by atoms with Crippen molar-refractivity contribution in [3.05, 3.63) is 84.9 Å². The van der Waals surface area contributed by atoms with E-state index in [1.165, 1.54) is 10.8 Å². The first-order chi connectivity index (χ1) is 14.4. The van der Waals surface area contributed by atoms with Gasteiger partial charge in [0.25, 0.3) is 0 Å². The smallest absolute Gasteiger partial charge is 0.527 e. The molecule has 0 saturated heterocycles. The van der Waals surface area contributed by atoms with E-state index in [0.29, 0.717) is 0 Å². The molecule has 2 N–H and O–H groups in total. The number of hydrogen-bond donors (Lipinski definition) is 2. The van der Waals surface area contributed by atoms with Crippen LogP contribution >= 0.6 is 0 Å². The quantitative estimate of drug-likeness (QED) is 0.389. The Labute approximate surface area is 167 Å². The lowest BCUT2D eigenvalue weighted by molar-refractivity contribution is 0.464. The summed E-state index contributed by atoms with van der Waals surface area (Å²) in [5.74, 6) is 1.56. The Kier molecular flexibility index (Phi) is 3.53. The van der Waals surface area contributed by atoms with Crippen LogP contribution in [0.4, 0.5) is 0 Å². The molecule has 0 aliphatic heterocycles. The first-order valence-electron chi connectivity index (χ1n) is 9.63.